The highest BCUT2D eigenvalue weighted by Crippen LogP contribution is 2.37. The zero-order valence-electron chi connectivity index (χ0n) is 14.7. The van der Waals surface area contributed by atoms with Crippen molar-refractivity contribution in [3.05, 3.63) is 59.0 Å². The van der Waals surface area contributed by atoms with Crippen LogP contribution in [0.15, 0.2) is 36.5 Å². The molecule has 0 fully saturated rings. The Morgan fingerprint density at radius 1 is 1.18 bits per heavy atom. The average Bonchev–Trinajstić information content (AvgIpc) is 3.02. The van der Waals surface area contributed by atoms with Gasteiger partial charge in [-0.15, -0.1) is 13.2 Å². The number of carbonyl (C=O) groups excluding carboxylic acids is 1. The summed E-state index contributed by atoms with van der Waals surface area (Å²) in [6.07, 6.45) is -3.40. The van der Waals surface area contributed by atoms with Gasteiger partial charge in [0.15, 0.2) is 5.78 Å². The van der Waals surface area contributed by atoms with E-state index in [1.807, 2.05) is 0 Å². The van der Waals surface area contributed by atoms with Crippen LogP contribution in [0.25, 0.3) is 10.9 Å². The molecule has 1 N–H and O–H groups in total. The van der Waals surface area contributed by atoms with E-state index in [1.54, 1.807) is 0 Å². The summed E-state index contributed by atoms with van der Waals surface area (Å²) in [7, 11) is 1.36. The molecule has 0 bridgehead atoms. The molecule has 3 aromatic rings. The van der Waals surface area contributed by atoms with E-state index in [0.717, 1.165) is 6.07 Å². The number of rotatable bonds is 5. The number of ketones is 1. The highest BCUT2D eigenvalue weighted by atomic mass is 79.9. The Hall–Kier alpha value is -2.55. The lowest BCUT2D eigenvalue weighted by Crippen LogP contribution is -2.17. The van der Waals surface area contributed by atoms with Crippen LogP contribution >= 0.6 is 15.9 Å². The Morgan fingerprint density at radius 2 is 1.89 bits per heavy atom. The molecule has 0 amide bonds. The lowest BCUT2D eigenvalue weighted by atomic mass is 10.0. The van der Waals surface area contributed by atoms with Gasteiger partial charge in [0.05, 0.1) is 7.11 Å². The lowest BCUT2D eigenvalue weighted by molar-refractivity contribution is -0.274. The molecule has 1 atom stereocenters. The molecule has 0 saturated heterocycles. The summed E-state index contributed by atoms with van der Waals surface area (Å²) in [5.74, 6) is -1.02. The smallest absolute Gasteiger partial charge is 0.496 e. The Balaban J connectivity index is 1.99. The number of hydrogen-bond donors (Lipinski definition) is 1. The maximum absolute atomic E-state index is 13.4. The average molecular weight is 460 g/mol. The topological polar surface area (TPSA) is 51.3 Å². The van der Waals surface area contributed by atoms with E-state index < -0.39 is 17.0 Å². The van der Waals surface area contributed by atoms with Crippen molar-refractivity contribution in [3.63, 3.8) is 0 Å². The maximum Gasteiger partial charge on any atom is 0.573 e. The van der Waals surface area contributed by atoms with Crippen LogP contribution < -0.4 is 9.47 Å². The van der Waals surface area contributed by atoms with Crippen LogP contribution in [0.5, 0.6) is 11.5 Å². The van der Waals surface area contributed by atoms with E-state index in [1.165, 1.54) is 44.5 Å². The summed E-state index contributed by atoms with van der Waals surface area (Å²) in [4.78, 5) is 14.9. The molecule has 0 aliphatic rings. The number of carbonyl (C=O) groups is 1. The van der Waals surface area contributed by atoms with Crippen LogP contribution in [0.2, 0.25) is 0 Å². The van der Waals surface area contributed by atoms with Gasteiger partial charge in [-0.3, -0.25) is 4.79 Å². The van der Waals surface area contributed by atoms with Crippen LogP contribution in [0.4, 0.5) is 17.6 Å². The first kappa shape index (κ1) is 20.2. The highest BCUT2D eigenvalue weighted by Gasteiger charge is 2.32. The number of Topliss-reactive ketones (excluding diaryl/α,β-unsaturated/α-hetero) is 1. The number of aromatic amines is 1. The van der Waals surface area contributed by atoms with Crippen molar-refractivity contribution in [1.29, 1.82) is 0 Å². The molecule has 0 saturated carbocycles. The first-order valence-electron chi connectivity index (χ1n) is 8.00. The quantitative estimate of drug-likeness (QED) is 0.296. The van der Waals surface area contributed by atoms with Gasteiger partial charge in [-0.05, 0) is 24.6 Å². The van der Waals surface area contributed by atoms with Crippen LogP contribution in [0, 0.1) is 12.7 Å². The normalized spacial score (nSPS) is 12.8. The van der Waals surface area contributed by atoms with Gasteiger partial charge in [-0.25, -0.2) is 4.39 Å². The number of alkyl halides is 4. The second-order valence-corrected chi connectivity index (χ2v) is 6.94. The summed E-state index contributed by atoms with van der Waals surface area (Å²) in [5, 5.41) is 0.447. The summed E-state index contributed by atoms with van der Waals surface area (Å²) < 4.78 is 60.1. The minimum Gasteiger partial charge on any atom is -0.496 e. The van der Waals surface area contributed by atoms with E-state index in [-0.39, 0.29) is 28.4 Å². The number of nitrogens with one attached hydrogen (secondary N) is 1. The fraction of sp³-hybridized carbons (Fsp3) is 0.211. The van der Waals surface area contributed by atoms with Gasteiger partial charge in [-0.1, -0.05) is 22.0 Å². The summed E-state index contributed by atoms with van der Waals surface area (Å²) >= 11 is 3.31. The fourth-order valence-electron chi connectivity index (χ4n) is 2.87. The van der Waals surface area contributed by atoms with Gasteiger partial charge in [0.2, 0.25) is 0 Å². The number of ether oxygens (including phenoxy) is 2. The van der Waals surface area contributed by atoms with Crippen molar-refractivity contribution < 1.29 is 31.8 Å². The second kappa shape index (κ2) is 7.46. The number of fused-ring (bicyclic) bond motifs is 1. The first-order valence-corrected chi connectivity index (χ1v) is 8.91. The number of H-pyrrole nitrogens is 1. The summed E-state index contributed by atoms with van der Waals surface area (Å²) in [5.41, 5.74) is 1.24. The molecule has 28 heavy (non-hydrogen) atoms. The van der Waals surface area contributed by atoms with Gasteiger partial charge in [0.25, 0.3) is 0 Å². The SMILES string of the molecule is COc1cc(F)ccc1C(Br)C(=O)c1c[nH]c2cc(OC(F)(F)F)c(C)cc12. The zero-order valence-corrected chi connectivity index (χ0v) is 16.2. The minimum atomic E-state index is -4.82. The molecule has 9 heteroatoms. The highest BCUT2D eigenvalue weighted by molar-refractivity contribution is 9.09. The van der Waals surface area contributed by atoms with E-state index in [9.17, 15) is 22.4 Å². The molecule has 0 radical (unpaired) electrons. The Bertz CT molecular complexity index is 1050. The van der Waals surface area contributed by atoms with Gasteiger partial charge >= 0.3 is 6.36 Å². The first-order chi connectivity index (χ1) is 13.1. The van der Waals surface area contributed by atoms with Crippen molar-refractivity contribution >= 4 is 32.6 Å². The number of aromatic nitrogens is 1. The molecule has 1 aromatic heterocycles. The molecule has 1 heterocycles. The molecule has 4 nitrogen and oxygen atoms in total. The maximum atomic E-state index is 13.4. The predicted octanol–water partition coefficient (Wildman–Crippen LogP) is 5.84. The van der Waals surface area contributed by atoms with Gasteiger partial charge in [0.1, 0.15) is 22.1 Å². The summed E-state index contributed by atoms with van der Waals surface area (Å²) in [6.45, 7) is 1.45. The largest absolute Gasteiger partial charge is 0.573 e. The molecule has 0 aliphatic heterocycles. The van der Waals surface area contributed by atoms with Gasteiger partial charge in [-0.2, -0.15) is 0 Å². The third kappa shape index (κ3) is 3.99. The molecule has 3 rings (SSSR count). The van der Waals surface area contributed by atoms with Crippen LogP contribution in [-0.2, 0) is 0 Å². The van der Waals surface area contributed by atoms with E-state index in [2.05, 4.69) is 25.7 Å². The number of hydrogen-bond acceptors (Lipinski definition) is 3. The van der Waals surface area contributed by atoms with E-state index >= 15 is 0 Å². The molecule has 148 valence electrons. The molecule has 0 aliphatic carbocycles. The van der Waals surface area contributed by atoms with Crippen LogP contribution in [0.1, 0.15) is 26.3 Å². The van der Waals surface area contributed by atoms with Gasteiger partial charge in [0, 0.05) is 40.4 Å². The van der Waals surface area contributed by atoms with Crippen molar-refractivity contribution in [3.8, 4) is 11.5 Å². The van der Waals surface area contributed by atoms with Crippen molar-refractivity contribution in [2.24, 2.45) is 0 Å². The Kier molecular flexibility index (Phi) is 5.38. The standard InChI is InChI=1S/C19H14BrF4NO3/c1-9-5-12-13(8-25-14(12)7-15(9)28-19(22,23)24)18(26)17(20)11-4-3-10(21)6-16(11)27-2/h3-8,17,25H,1-2H3. The predicted molar refractivity (Wildman–Crippen MR) is 98.7 cm³/mol. The third-order valence-corrected chi connectivity index (χ3v) is 5.08. The zero-order chi connectivity index (χ0) is 20.6. The third-order valence-electron chi connectivity index (χ3n) is 4.17. The molecular weight excluding hydrogens is 446 g/mol. The fourth-order valence-corrected chi connectivity index (χ4v) is 3.49. The van der Waals surface area contributed by atoms with Crippen molar-refractivity contribution in [1.82, 2.24) is 4.98 Å². The molecule has 0 spiro atoms. The van der Waals surface area contributed by atoms with Gasteiger partial charge < -0.3 is 14.5 Å². The van der Waals surface area contributed by atoms with Crippen molar-refractivity contribution in [2.45, 2.75) is 18.1 Å². The van der Waals surface area contributed by atoms with E-state index in [4.69, 9.17) is 4.74 Å². The Labute approximate surface area is 165 Å². The van der Waals surface area contributed by atoms with Crippen LogP contribution in [-0.4, -0.2) is 24.2 Å². The minimum absolute atomic E-state index is 0.201. The Morgan fingerprint density at radius 3 is 2.54 bits per heavy atom. The lowest BCUT2D eigenvalue weighted by Gasteiger charge is -2.14. The van der Waals surface area contributed by atoms with E-state index in [0.29, 0.717) is 16.5 Å². The molecular formula is C19H14BrF4NO3. The van der Waals surface area contributed by atoms with Crippen molar-refractivity contribution in [2.75, 3.05) is 7.11 Å². The monoisotopic (exact) mass is 459 g/mol. The summed E-state index contributed by atoms with van der Waals surface area (Å²) in [6, 6.07) is 6.44. The number of aryl methyl sites for hydroxylation is 1. The van der Waals surface area contributed by atoms with Crippen LogP contribution in [0.3, 0.4) is 0 Å². The molecule has 1 unspecified atom stereocenters. The molecule has 2 aromatic carbocycles. The number of benzene rings is 2. The number of methoxy groups -OCH3 is 1. The number of halogens is 5. The second-order valence-electron chi connectivity index (χ2n) is 6.03.